The van der Waals surface area contributed by atoms with Crippen molar-refractivity contribution < 1.29 is 9.53 Å². The number of ether oxygens (including phenoxy) is 1. The second-order valence-corrected chi connectivity index (χ2v) is 3.30. The average Bonchev–Trinajstić information content (AvgIpc) is 2.58. The predicted octanol–water partition coefficient (Wildman–Crippen LogP) is 6.34. The number of allylic oxidation sites excluding steroid dienone is 2. The molecular formula is C19H38O2. The summed E-state index contributed by atoms with van der Waals surface area (Å²) in [6.07, 6.45) is 6.75. The van der Waals surface area contributed by atoms with Crippen LogP contribution in [-0.2, 0) is 9.53 Å². The van der Waals surface area contributed by atoms with E-state index in [0.29, 0.717) is 0 Å². The summed E-state index contributed by atoms with van der Waals surface area (Å²) in [6, 6.07) is 0. The Morgan fingerprint density at radius 3 is 1.71 bits per heavy atom. The smallest absolute Gasteiger partial charge is 0.309 e. The summed E-state index contributed by atoms with van der Waals surface area (Å²) in [5.74, 6) is -0.114. The Hall–Kier alpha value is -1.31. The second-order valence-electron chi connectivity index (χ2n) is 3.30. The van der Waals surface area contributed by atoms with E-state index in [1.807, 2.05) is 55.4 Å². The van der Waals surface area contributed by atoms with Gasteiger partial charge in [-0.05, 0) is 18.4 Å². The van der Waals surface area contributed by atoms with Gasteiger partial charge in [0.25, 0.3) is 0 Å². The fraction of sp³-hybridized carbons (Fsp3) is 0.632. The molecule has 0 heterocycles. The molecule has 0 rings (SSSR count). The quantitative estimate of drug-likeness (QED) is 0.405. The van der Waals surface area contributed by atoms with Crippen molar-refractivity contribution in [3.05, 3.63) is 37.0 Å². The van der Waals surface area contributed by atoms with Crippen LogP contribution in [0.5, 0.6) is 0 Å². The van der Waals surface area contributed by atoms with Gasteiger partial charge >= 0.3 is 5.97 Å². The maximum Gasteiger partial charge on any atom is 0.309 e. The third-order valence-electron chi connectivity index (χ3n) is 2.29. The van der Waals surface area contributed by atoms with Gasteiger partial charge < -0.3 is 4.74 Å². The van der Waals surface area contributed by atoms with Gasteiger partial charge in [0.05, 0.1) is 5.92 Å². The van der Waals surface area contributed by atoms with E-state index >= 15 is 0 Å². The zero-order chi connectivity index (χ0) is 17.7. The number of rotatable bonds is 7. The van der Waals surface area contributed by atoms with Crippen LogP contribution in [0, 0.1) is 5.92 Å². The molecule has 0 atom stereocenters. The van der Waals surface area contributed by atoms with Crippen LogP contribution in [0.4, 0.5) is 0 Å². The third kappa shape index (κ3) is 18.7. The predicted molar refractivity (Wildman–Crippen MR) is 97.6 cm³/mol. The second kappa shape index (κ2) is 27.1. The molecule has 0 bridgehead atoms. The van der Waals surface area contributed by atoms with Crippen LogP contribution in [0.1, 0.15) is 68.2 Å². The number of hydrogen-bond acceptors (Lipinski definition) is 2. The van der Waals surface area contributed by atoms with E-state index in [1.165, 1.54) is 0 Å². The Balaban J connectivity index is -0.000000212. The van der Waals surface area contributed by atoms with Crippen molar-refractivity contribution in [2.24, 2.45) is 5.92 Å². The molecule has 0 aromatic carbocycles. The fourth-order valence-electron chi connectivity index (χ4n) is 1.22. The highest BCUT2D eigenvalue weighted by Gasteiger charge is 2.15. The molecule has 0 saturated heterocycles. The van der Waals surface area contributed by atoms with Gasteiger partial charge in [-0.15, -0.1) is 0 Å². The molecule has 126 valence electrons. The van der Waals surface area contributed by atoms with Crippen LogP contribution in [0.2, 0.25) is 0 Å². The van der Waals surface area contributed by atoms with E-state index in [0.717, 1.165) is 18.4 Å². The molecule has 0 saturated carbocycles. The van der Waals surface area contributed by atoms with E-state index in [2.05, 4.69) is 13.2 Å². The molecule has 0 aliphatic carbocycles. The lowest BCUT2D eigenvalue weighted by Gasteiger charge is -2.11. The molecule has 0 amide bonds. The first-order valence-electron chi connectivity index (χ1n) is 8.30. The van der Waals surface area contributed by atoms with Gasteiger partial charge in [0, 0.05) is 0 Å². The molecule has 0 N–H and O–H groups in total. The third-order valence-corrected chi connectivity index (χ3v) is 2.29. The zero-order valence-electron chi connectivity index (χ0n) is 15.7. The highest BCUT2D eigenvalue weighted by atomic mass is 16.5. The molecule has 0 aromatic rings. The number of carbonyl (C=O) groups is 1. The minimum Gasteiger partial charge on any atom is -0.461 e. The maximum atomic E-state index is 11.5. The first-order valence-corrected chi connectivity index (χ1v) is 8.30. The number of hydrogen-bond donors (Lipinski definition) is 0. The van der Waals surface area contributed by atoms with E-state index < -0.39 is 0 Å². The van der Waals surface area contributed by atoms with Crippen LogP contribution in [-0.4, -0.2) is 12.6 Å². The Bertz CT molecular complexity index is 248. The first kappa shape index (κ1) is 27.9. The Labute approximate surface area is 134 Å². The summed E-state index contributed by atoms with van der Waals surface area (Å²) in [6.45, 7) is 23.5. The van der Waals surface area contributed by atoms with Crippen LogP contribution < -0.4 is 0 Å². The molecule has 0 aliphatic rings. The van der Waals surface area contributed by atoms with Crippen molar-refractivity contribution in [1.82, 2.24) is 0 Å². The van der Waals surface area contributed by atoms with Gasteiger partial charge in [0.15, 0.2) is 0 Å². The Morgan fingerprint density at radius 1 is 1.00 bits per heavy atom. The van der Waals surface area contributed by atoms with Gasteiger partial charge in [-0.1, -0.05) is 86.8 Å². The minimum absolute atomic E-state index is 0.0137. The van der Waals surface area contributed by atoms with Crippen LogP contribution in [0.25, 0.3) is 0 Å². The van der Waals surface area contributed by atoms with E-state index in [4.69, 9.17) is 4.74 Å². The molecule has 0 unspecified atom stereocenters. The van der Waals surface area contributed by atoms with Crippen molar-refractivity contribution in [1.29, 1.82) is 0 Å². The van der Waals surface area contributed by atoms with Crippen LogP contribution >= 0.6 is 0 Å². The summed E-state index contributed by atoms with van der Waals surface area (Å²) in [4.78, 5) is 11.5. The summed E-state index contributed by atoms with van der Waals surface area (Å²) < 4.78 is 5.17. The fourth-order valence-corrected chi connectivity index (χ4v) is 1.22. The zero-order valence-corrected chi connectivity index (χ0v) is 15.7. The molecule has 21 heavy (non-hydrogen) atoms. The topological polar surface area (TPSA) is 26.3 Å². The maximum absolute atomic E-state index is 11.5. The molecule has 0 aliphatic heterocycles. The van der Waals surface area contributed by atoms with Crippen molar-refractivity contribution in [2.75, 3.05) is 6.61 Å². The summed E-state index contributed by atoms with van der Waals surface area (Å²) >= 11 is 0. The van der Waals surface area contributed by atoms with E-state index in [-0.39, 0.29) is 18.5 Å². The summed E-state index contributed by atoms with van der Waals surface area (Å²) in [5.41, 5.74) is 0.865. The van der Waals surface area contributed by atoms with Gasteiger partial charge in [0.2, 0.25) is 0 Å². The minimum atomic E-state index is -0.128. The average molecular weight is 299 g/mol. The van der Waals surface area contributed by atoms with Crippen molar-refractivity contribution in [3.8, 4) is 0 Å². The molecular weight excluding hydrogens is 260 g/mol. The number of esters is 1. The largest absolute Gasteiger partial charge is 0.461 e. The van der Waals surface area contributed by atoms with Gasteiger partial charge in [0.1, 0.15) is 6.61 Å². The van der Waals surface area contributed by atoms with E-state index in [9.17, 15) is 4.79 Å². The normalized spacial score (nSPS) is 8.90. The lowest BCUT2D eigenvalue weighted by molar-refractivity contribution is -0.147. The lowest BCUT2D eigenvalue weighted by Crippen LogP contribution is -2.17. The molecule has 0 spiro atoms. The highest BCUT2D eigenvalue weighted by molar-refractivity contribution is 5.72. The van der Waals surface area contributed by atoms with E-state index in [1.54, 1.807) is 18.2 Å². The standard InChI is InChI=1S/C13H20O2.3C2H6/c1-5-9-11(6-2)10-15-13(14)12(7-3)8-4;3*1-2/h5-6,9,12H,1-2,7-8,10H2,3-4H3;3*1-2H3/b11-9+;;;. The first-order chi connectivity index (χ1) is 10.2. The molecule has 0 aromatic heterocycles. The van der Waals surface area contributed by atoms with Crippen LogP contribution in [0.3, 0.4) is 0 Å². The van der Waals surface area contributed by atoms with Crippen LogP contribution in [0.15, 0.2) is 37.0 Å². The summed E-state index contributed by atoms with van der Waals surface area (Å²) in [7, 11) is 0. The van der Waals surface area contributed by atoms with Gasteiger partial charge in [-0.2, -0.15) is 0 Å². The highest BCUT2D eigenvalue weighted by Crippen LogP contribution is 2.10. The molecule has 2 heteroatoms. The van der Waals surface area contributed by atoms with Crippen molar-refractivity contribution in [2.45, 2.75) is 68.2 Å². The molecule has 0 fully saturated rings. The molecule has 2 nitrogen and oxygen atoms in total. The van der Waals surface area contributed by atoms with Crippen molar-refractivity contribution >= 4 is 5.97 Å². The lowest BCUT2D eigenvalue weighted by atomic mass is 10.0. The molecule has 0 radical (unpaired) electrons. The number of carbonyl (C=O) groups excluding carboxylic acids is 1. The van der Waals surface area contributed by atoms with Crippen molar-refractivity contribution in [3.63, 3.8) is 0 Å². The SMILES string of the molecule is C=C/C=C(\C=C)COC(=O)C(CC)CC.CC.CC.CC. The summed E-state index contributed by atoms with van der Waals surface area (Å²) in [5, 5.41) is 0. The monoisotopic (exact) mass is 298 g/mol. The Morgan fingerprint density at radius 2 is 1.43 bits per heavy atom. The van der Waals surface area contributed by atoms with Gasteiger partial charge in [-0.3, -0.25) is 4.79 Å². The Kier molecular flexibility index (Phi) is 36.1. The van der Waals surface area contributed by atoms with Gasteiger partial charge in [-0.25, -0.2) is 0 Å².